The van der Waals surface area contributed by atoms with Crippen molar-refractivity contribution in [2.45, 2.75) is 411 Å². The molecule has 0 radical (unpaired) electrons. The van der Waals surface area contributed by atoms with Crippen LogP contribution in [0.2, 0.25) is 0 Å². The van der Waals surface area contributed by atoms with Gasteiger partial charge in [0.25, 0.3) is 0 Å². The van der Waals surface area contributed by atoms with Gasteiger partial charge < -0.3 is 20.3 Å². The normalized spacial score (nSPS) is 12.5. The number of hydrogen-bond donors (Lipinski definition) is 3. The Labute approximate surface area is 476 Å². The zero-order valence-electron chi connectivity index (χ0n) is 51.8. The second kappa shape index (κ2) is 66.1. The highest BCUT2D eigenvalue weighted by Crippen LogP contribution is 2.19. The van der Waals surface area contributed by atoms with E-state index < -0.39 is 12.1 Å². The maximum atomic E-state index is 12.4. The summed E-state index contributed by atoms with van der Waals surface area (Å²) in [5.41, 5.74) is 0. The van der Waals surface area contributed by atoms with Gasteiger partial charge in [0, 0.05) is 12.8 Å². The molecule has 0 aromatic carbocycles. The molecular formula is C70H137NO5. The molecule has 0 aliphatic carbocycles. The number of carbonyl (C=O) groups is 2. The van der Waals surface area contributed by atoms with Crippen LogP contribution in [0.15, 0.2) is 12.2 Å². The van der Waals surface area contributed by atoms with Gasteiger partial charge in [0.2, 0.25) is 5.91 Å². The fourth-order valence-electron chi connectivity index (χ4n) is 11.2. The predicted octanol–water partition coefficient (Wildman–Crippen LogP) is 22.4. The Kier molecular flexibility index (Phi) is 64.9. The zero-order valence-corrected chi connectivity index (χ0v) is 51.8. The van der Waals surface area contributed by atoms with E-state index in [-0.39, 0.29) is 18.5 Å². The van der Waals surface area contributed by atoms with Crippen molar-refractivity contribution in [1.82, 2.24) is 5.32 Å². The molecule has 2 unspecified atom stereocenters. The molecule has 0 aliphatic rings. The number of aliphatic hydroxyl groups excluding tert-OH is 2. The van der Waals surface area contributed by atoms with Crippen molar-refractivity contribution in [3.05, 3.63) is 12.2 Å². The van der Waals surface area contributed by atoms with Crippen molar-refractivity contribution >= 4 is 11.9 Å². The summed E-state index contributed by atoms with van der Waals surface area (Å²) < 4.78 is 5.52. The van der Waals surface area contributed by atoms with E-state index in [1.54, 1.807) is 6.08 Å². The van der Waals surface area contributed by atoms with Gasteiger partial charge in [-0.2, -0.15) is 0 Å². The van der Waals surface area contributed by atoms with Gasteiger partial charge in [-0.1, -0.05) is 366 Å². The SMILES string of the molecule is CCCCCCCCC/C=C/C(O)C(CO)NC(=O)CCCCCCCCCCCCCCCCCCCCCCCCCCCCCCCCCOC(=O)CCCCCCCCCCCCCCCCCCCCC. The first-order chi connectivity index (χ1) is 37.5. The van der Waals surface area contributed by atoms with Gasteiger partial charge in [0.15, 0.2) is 0 Å². The summed E-state index contributed by atoms with van der Waals surface area (Å²) in [6, 6.07) is -0.621. The Balaban J connectivity index is 3.28. The smallest absolute Gasteiger partial charge is 0.305 e. The van der Waals surface area contributed by atoms with Gasteiger partial charge in [-0.3, -0.25) is 9.59 Å². The first-order valence-electron chi connectivity index (χ1n) is 35.0. The Morgan fingerprint density at radius 1 is 0.355 bits per heavy atom. The van der Waals surface area contributed by atoms with Gasteiger partial charge >= 0.3 is 5.97 Å². The minimum atomic E-state index is -0.838. The number of rotatable bonds is 66. The average molecular weight is 1070 g/mol. The summed E-state index contributed by atoms with van der Waals surface area (Å²) in [6.45, 7) is 4.92. The highest BCUT2D eigenvalue weighted by atomic mass is 16.5. The molecule has 2 atom stereocenters. The summed E-state index contributed by atoms with van der Waals surface area (Å²) in [6.07, 6.45) is 81.7. The number of carbonyl (C=O) groups excluding carboxylic acids is 2. The van der Waals surface area contributed by atoms with Crippen molar-refractivity contribution in [3.8, 4) is 0 Å². The van der Waals surface area contributed by atoms with E-state index >= 15 is 0 Å². The number of esters is 1. The lowest BCUT2D eigenvalue weighted by Crippen LogP contribution is -2.45. The third-order valence-corrected chi connectivity index (χ3v) is 16.6. The first kappa shape index (κ1) is 74.6. The van der Waals surface area contributed by atoms with Crippen LogP contribution in [0.1, 0.15) is 399 Å². The summed E-state index contributed by atoms with van der Waals surface area (Å²) in [5.74, 6) is -0.0386. The summed E-state index contributed by atoms with van der Waals surface area (Å²) >= 11 is 0. The molecule has 0 spiro atoms. The van der Waals surface area contributed by atoms with Crippen molar-refractivity contribution in [2.75, 3.05) is 13.2 Å². The fourth-order valence-corrected chi connectivity index (χ4v) is 11.2. The molecule has 6 nitrogen and oxygen atoms in total. The highest BCUT2D eigenvalue weighted by Gasteiger charge is 2.18. The van der Waals surface area contributed by atoms with Crippen LogP contribution in [0.5, 0.6) is 0 Å². The van der Waals surface area contributed by atoms with Gasteiger partial charge in [0.05, 0.1) is 25.4 Å². The van der Waals surface area contributed by atoms with E-state index in [0.29, 0.717) is 19.4 Å². The van der Waals surface area contributed by atoms with E-state index in [0.717, 1.165) is 38.5 Å². The Bertz CT molecular complexity index is 1140. The molecule has 3 N–H and O–H groups in total. The molecule has 0 saturated carbocycles. The third kappa shape index (κ3) is 61.8. The van der Waals surface area contributed by atoms with Crippen molar-refractivity contribution < 1.29 is 24.5 Å². The molecule has 0 aliphatic heterocycles. The van der Waals surface area contributed by atoms with Crippen LogP contribution in [0.3, 0.4) is 0 Å². The maximum Gasteiger partial charge on any atom is 0.305 e. The van der Waals surface area contributed by atoms with Crippen molar-refractivity contribution in [2.24, 2.45) is 0 Å². The second-order valence-corrected chi connectivity index (χ2v) is 24.2. The van der Waals surface area contributed by atoms with E-state index in [1.807, 2.05) is 6.08 Å². The number of ether oxygens (including phenoxy) is 1. The van der Waals surface area contributed by atoms with Gasteiger partial charge in [-0.15, -0.1) is 0 Å². The van der Waals surface area contributed by atoms with Crippen molar-refractivity contribution in [3.63, 3.8) is 0 Å². The maximum absolute atomic E-state index is 12.4. The summed E-state index contributed by atoms with van der Waals surface area (Å²) in [7, 11) is 0. The second-order valence-electron chi connectivity index (χ2n) is 24.2. The fraction of sp³-hybridized carbons (Fsp3) is 0.943. The minimum absolute atomic E-state index is 0.0259. The average Bonchev–Trinajstić information content (AvgIpc) is 3.42. The number of nitrogens with one attached hydrogen (secondary N) is 1. The molecule has 0 bridgehead atoms. The number of aliphatic hydroxyl groups is 2. The monoisotopic (exact) mass is 1070 g/mol. The predicted molar refractivity (Wildman–Crippen MR) is 333 cm³/mol. The van der Waals surface area contributed by atoms with Crippen molar-refractivity contribution in [1.29, 1.82) is 0 Å². The van der Waals surface area contributed by atoms with Gasteiger partial charge in [0.1, 0.15) is 0 Å². The quantitative estimate of drug-likeness (QED) is 0.0320. The topological polar surface area (TPSA) is 95.9 Å². The van der Waals surface area contributed by atoms with Gasteiger partial charge in [-0.25, -0.2) is 0 Å². The number of allylic oxidation sites excluding steroid dienone is 1. The number of hydrogen-bond acceptors (Lipinski definition) is 5. The molecule has 76 heavy (non-hydrogen) atoms. The number of amides is 1. The molecule has 0 aromatic rings. The molecule has 1 amide bonds. The van der Waals surface area contributed by atoms with Crippen LogP contribution in [-0.4, -0.2) is 47.4 Å². The van der Waals surface area contributed by atoms with E-state index in [1.165, 1.54) is 334 Å². The molecule has 0 fully saturated rings. The third-order valence-electron chi connectivity index (χ3n) is 16.6. The number of unbranched alkanes of at least 4 members (excludes halogenated alkanes) is 55. The molecule has 0 saturated heterocycles. The van der Waals surface area contributed by atoms with Crippen LogP contribution in [0.4, 0.5) is 0 Å². The van der Waals surface area contributed by atoms with Crippen LogP contribution < -0.4 is 5.32 Å². The van der Waals surface area contributed by atoms with Crippen LogP contribution >= 0.6 is 0 Å². The Hall–Kier alpha value is -1.40. The van der Waals surface area contributed by atoms with E-state index in [4.69, 9.17) is 4.74 Å². The molecule has 0 rings (SSSR count). The Morgan fingerprint density at radius 3 is 0.895 bits per heavy atom. The molecule has 0 heterocycles. The minimum Gasteiger partial charge on any atom is -0.466 e. The lowest BCUT2D eigenvalue weighted by atomic mass is 10.0. The largest absolute Gasteiger partial charge is 0.466 e. The van der Waals surface area contributed by atoms with Gasteiger partial charge in [-0.05, 0) is 32.1 Å². The van der Waals surface area contributed by atoms with Crippen LogP contribution in [-0.2, 0) is 14.3 Å². The Morgan fingerprint density at radius 2 is 0.605 bits per heavy atom. The van der Waals surface area contributed by atoms with Crippen LogP contribution in [0, 0.1) is 0 Å². The standard InChI is InChI=1S/C70H137NO5/c1-3-5-7-9-11-13-14-15-16-17-31-35-38-41-44-48-52-56-60-64-70(75)76-65-61-57-53-49-45-42-39-36-33-30-28-26-24-22-20-18-19-21-23-25-27-29-32-34-37-40-43-47-51-55-59-63-69(74)71-67(66-72)68(73)62-58-54-50-46-12-10-8-6-4-2/h58,62,67-68,72-73H,3-57,59-61,63-66H2,1-2H3,(H,71,74)/b62-58+. The summed E-state index contributed by atoms with van der Waals surface area (Å²) in [5, 5.41) is 23.0. The first-order valence-corrected chi connectivity index (χ1v) is 35.0. The summed E-state index contributed by atoms with van der Waals surface area (Å²) in [4.78, 5) is 24.5. The van der Waals surface area contributed by atoms with E-state index in [9.17, 15) is 19.8 Å². The lowest BCUT2D eigenvalue weighted by molar-refractivity contribution is -0.143. The van der Waals surface area contributed by atoms with E-state index in [2.05, 4.69) is 19.2 Å². The lowest BCUT2D eigenvalue weighted by Gasteiger charge is -2.20. The molecule has 6 heteroatoms. The molecule has 0 aromatic heterocycles. The highest BCUT2D eigenvalue weighted by molar-refractivity contribution is 5.76. The zero-order chi connectivity index (χ0) is 55.0. The molecular weight excluding hydrogens is 935 g/mol. The van der Waals surface area contributed by atoms with Crippen LogP contribution in [0.25, 0.3) is 0 Å². The molecule has 452 valence electrons.